The lowest BCUT2D eigenvalue weighted by atomic mass is 10.2. The van der Waals surface area contributed by atoms with Gasteiger partial charge in [-0.3, -0.25) is 0 Å². The largest absolute Gasteiger partial charge is 0.469 e. The van der Waals surface area contributed by atoms with Gasteiger partial charge in [-0.2, -0.15) is 14.7 Å². The molecule has 5 N–H and O–H groups in total. The summed E-state index contributed by atoms with van der Waals surface area (Å²) in [5.74, 6) is 0.850. The van der Waals surface area contributed by atoms with E-state index >= 15 is 0 Å². The maximum absolute atomic E-state index is 11.0. The molecule has 1 rings (SSSR count). The van der Waals surface area contributed by atoms with Crippen molar-refractivity contribution in [3.63, 3.8) is 0 Å². The van der Waals surface area contributed by atoms with Gasteiger partial charge in [0.25, 0.3) is 0 Å². The van der Waals surface area contributed by atoms with Crippen LogP contribution in [0.4, 0.5) is 0 Å². The van der Waals surface area contributed by atoms with Crippen LogP contribution in [0.15, 0.2) is 34.4 Å². The molecular formula is C11H19N2O6P2S+. The molecule has 1 aromatic rings. The zero-order valence-electron chi connectivity index (χ0n) is 11.7. The molecule has 8 nitrogen and oxygen atoms in total. The van der Waals surface area contributed by atoms with E-state index in [0.717, 1.165) is 23.6 Å². The maximum Gasteiger partial charge on any atom is 0.469 e. The van der Waals surface area contributed by atoms with E-state index in [1.165, 1.54) is 0 Å². The summed E-state index contributed by atoms with van der Waals surface area (Å²) in [5.41, 5.74) is 0. The van der Waals surface area contributed by atoms with Crippen molar-refractivity contribution in [2.24, 2.45) is 4.99 Å². The third kappa shape index (κ3) is 7.76. The van der Waals surface area contributed by atoms with Crippen LogP contribution in [0.25, 0.3) is 0 Å². The predicted molar refractivity (Wildman–Crippen MR) is 86.7 cm³/mol. The van der Waals surface area contributed by atoms with Crippen molar-refractivity contribution in [2.75, 3.05) is 12.3 Å². The van der Waals surface area contributed by atoms with E-state index in [4.69, 9.17) is 24.5 Å². The zero-order chi connectivity index (χ0) is 16.6. The first-order valence-electron chi connectivity index (χ1n) is 6.43. The minimum Gasteiger partial charge on any atom is -0.317 e. The van der Waals surface area contributed by atoms with Crippen molar-refractivity contribution in [3.05, 3.63) is 24.4 Å². The molecule has 0 saturated carbocycles. The summed E-state index contributed by atoms with van der Waals surface area (Å²) in [6.45, 7) is 0.0120. The number of hydrogen-bond donors (Lipinski definition) is 5. The monoisotopic (exact) mass is 369 g/mol. The SMILES string of the molecule is O=P(O)(O)C(=NCCCCCSc1ccccn1)[P+](O)(O)O. The highest BCUT2D eigenvalue weighted by Crippen LogP contribution is 2.60. The van der Waals surface area contributed by atoms with Gasteiger partial charge in [0.15, 0.2) is 0 Å². The van der Waals surface area contributed by atoms with Crippen LogP contribution in [0.1, 0.15) is 19.3 Å². The molecule has 1 aromatic heterocycles. The molecule has 22 heavy (non-hydrogen) atoms. The molecule has 0 unspecified atom stereocenters. The fourth-order valence-corrected chi connectivity index (χ4v) is 4.38. The zero-order valence-corrected chi connectivity index (χ0v) is 14.3. The van der Waals surface area contributed by atoms with Gasteiger partial charge in [-0.1, -0.05) is 12.5 Å². The minimum atomic E-state index is -4.96. The highest BCUT2D eigenvalue weighted by molar-refractivity contribution is 8.00. The van der Waals surface area contributed by atoms with Gasteiger partial charge in [0.1, 0.15) is 0 Å². The number of thioether (sulfide) groups is 1. The summed E-state index contributed by atoms with van der Waals surface area (Å²) in [6, 6.07) is 5.66. The van der Waals surface area contributed by atoms with E-state index < -0.39 is 20.7 Å². The van der Waals surface area contributed by atoms with Gasteiger partial charge in [0.2, 0.25) is 0 Å². The first-order chi connectivity index (χ1) is 10.2. The van der Waals surface area contributed by atoms with E-state index in [1.807, 2.05) is 18.2 Å². The van der Waals surface area contributed by atoms with Crippen LogP contribution in [0.3, 0.4) is 0 Å². The first-order valence-corrected chi connectivity index (χ1v) is 10.7. The predicted octanol–water partition coefficient (Wildman–Crippen LogP) is 1.62. The molecule has 0 spiro atoms. The molecule has 124 valence electrons. The minimum absolute atomic E-state index is 0.0120. The van der Waals surface area contributed by atoms with Crippen LogP contribution >= 0.6 is 27.3 Å². The quantitative estimate of drug-likeness (QED) is 0.191. The summed E-state index contributed by atoms with van der Waals surface area (Å²) < 4.78 is 11.0. The molecule has 0 aliphatic carbocycles. The number of pyridine rings is 1. The van der Waals surface area contributed by atoms with Crippen molar-refractivity contribution < 1.29 is 29.0 Å². The van der Waals surface area contributed by atoms with E-state index in [1.54, 1.807) is 18.0 Å². The number of aliphatic imine (C=N–C) groups is 1. The summed E-state index contributed by atoms with van der Waals surface area (Å²) in [4.78, 5) is 52.3. The Morgan fingerprint density at radius 3 is 2.50 bits per heavy atom. The first kappa shape index (κ1) is 19.7. The summed E-state index contributed by atoms with van der Waals surface area (Å²) in [7, 11) is -9.74. The summed E-state index contributed by atoms with van der Waals surface area (Å²) in [6.07, 6.45) is 3.85. The third-order valence-corrected chi connectivity index (χ3v) is 6.43. The second-order valence-corrected chi connectivity index (χ2v) is 8.91. The average Bonchev–Trinajstić information content (AvgIpc) is 2.40. The standard InChI is InChI=1S/C11H18N2O6P2S/c14-20(15,16)11(21(17,18)19)13-8-3-1-5-9-22-10-6-2-4-7-12-10/h2,4,6-7,14-16H,1,3,5,8-9H2,(H-,17,18,19)/p+1. The molecule has 0 aromatic carbocycles. The number of unbranched alkanes of at least 4 members (excludes halogenated alkanes) is 2. The molecule has 0 aliphatic rings. The normalized spacial score (nSPS) is 13.4. The maximum atomic E-state index is 11.0. The molecule has 11 heteroatoms. The lowest BCUT2D eigenvalue weighted by Gasteiger charge is -2.08. The number of hydrogen-bond acceptors (Lipinski definition) is 7. The van der Waals surface area contributed by atoms with Crippen molar-refractivity contribution in [3.8, 4) is 0 Å². The Morgan fingerprint density at radius 2 is 1.95 bits per heavy atom. The van der Waals surface area contributed by atoms with Gasteiger partial charge < -0.3 is 9.79 Å². The topological polar surface area (TPSA) is 143 Å². The number of rotatable bonds is 9. The van der Waals surface area contributed by atoms with Crippen molar-refractivity contribution in [2.45, 2.75) is 24.3 Å². The molecule has 0 fully saturated rings. The highest BCUT2D eigenvalue weighted by Gasteiger charge is 2.51. The molecule has 0 atom stereocenters. The van der Waals surface area contributed by atoms with Crippen LogP contribution in [0.5, 0.6) is 0 Å². The average molecular weight is 369 g/mol. The molecule has 0 radical (unpaired) electrons. The lowest BCUT2D eigenvalue weighted by Crippen LogP contribution is -2.07. The Hall–Kier alpha value is -0.370. The van der Waals surface area contributed by atoms with Crippen LogP contribution in [-0.2, 0) is 4.57 Å². The fourth-order valence-electron chi connectivity index (χ4n) is 1.54. The van der Waals surface area contributed by atoms with E-state index in [-0.39, 0.29) is 6.54 Å². The van der Waals surface area contributed by atoms with Crippen LogP contribution in [0.2, 0.25) is 0 Å². The lowest BCUT2D eigenvalue weighted by molar-refractivity contribution is 0.348. The van der Waals surface area contributed by atoms with Crippen molar-refractivity contribution in [1.82, 2.24) is 4.98 Å². The summed E-state index contributed by atoms with van der Waals surface area (Å²) in [5, 5.41) is -0.289. The van der Waals surface area contributed by atoms with E-state index in [0.29, 0.717) is 6.42 Å². The van der Waals surface area contributed by atoms with E-state index in [2.05, 4.69) is 9.98 Å². The molecule has 1 heterocycles. The van der Waals surface area contributed by atoms with Gasteiger partial charge in [0.05, 0.1) is 5.03 Å². The Labute approximate surface area is 133 Å². The van der Waals surface area contributed by atoms with Crippen LogP contribution in [-0.4, -0.2) is 46.9 Å². The molecule has 0 bridgehead atoms. The Kier molecular flexibility index (Phi) is 8.10. The van der Waals surface area contributed by atoms with E-state index in [9.17, 15) is 4.57 Å². The van der Waals surface area contributed by atoms with Crippen molar-refractivity contribution in [1.29, 1.82) is 0 Å². The highest BCUT2D eigenvalue weighted by atomic mass is 32.2. The second kappa shape index (κ2) is 9.05. The van der Waals surface area contributed by atoms with Gasteiger partial charge in [-0.25, -0.2) is 14.5 Å². The van der Waals surface area contributed by atoms with Crippen LogP contribution < -0.4 is 0 Å². The van der Waals surface area contributed by atoms with Gasteiger partial charge in [-0.05, 0) is 30.7 Å². The smallest absolute Gasteiger partial charge is 0.317 e. The fraction of sp³-hybridized carbons (Fsp3) is 0.455. The van der Waals surface area contributed by atoms with Gasteiger partial charge >= 0.3 is 20.7 Å². The Bertz CT molecular complexity index is 531. The van der Waals surface area contributed by atoms with Crippen LogP contribution in [0, 0.1) is 0 Å². The molecule has 0 amide bonds. The molecular weight excluding hydrogens is 350 g/mol. The molecule has 0 aliphatic heterocycles. The Morgan fingerprint density at radius 1 is 1.23 bits per heavy atom. The van der Waals surface area contributed by atoms with Gasteiger partial charge in [-0.15, -0.1) is 11.8 Å². The van der Waals surface area contributed by atoms with Gasteiger partial charge in [0, 0.05) is 12.7 Å². The Balaban J connectivity index is 2.29. The third-order valence-electron chi connectivity index (χ3n) is 2.47. The summed E-state index contributed by atoms with van der Waals surface area (Å²) >= 11 is 1.61. The number of nitrogens with zero attached hydrogens (tertiary/aromatic N) is 2. The number of aromatic nitrogens is 1. The van der Waals surface area contributed by atoms with Crippen molar-refractivity contribution >= 4 is 32.5 Å². The molecule has 0 saturated heterocycles. The second-order valence-electron chi connectivity index (χ2n) is 4.37.